The Labute approximate surface area is 119 Å². The molecule has 0 radical (unpaired) electrons. The van der Waals surface area contributed by atoms with Gasteiger partial charge in [-0.05, 0) is 49.8 Å². The second-order valence-corrected chi connectivity index (χ2v) is 6.02. The molecule has 0 aromatic heterocycles. The van der Waals surface area contributed by atoms with Crippen molar-refractivity contribution in [1.29, 1.82) is 0 Å². The average Bonchev–Trinajstić information content (AvgIpc) is 2.47. The van der Waals surface area contributed by atoms with Crippen LogP contribution in [-0.2, 0) is 0 Å². The molecule has 1 aliphatic carbocycles. The fraction of sp³-hybridized carbons (Fsp3) is 0.562. The van der Waals surface area contributed by atoms with Gasteiger partial charge in [-0.3, -0.25) is 0 Å². The van der Waals surface area contributed by atoms with Crippen molar-refractivity contribution in [2.45, 2.75) is 44.6 Å². The number of carboxylic acid groups (broad SMARTS) is 1. The van der Waals surface area contributed by atoms with Crippen molar-refractivity contribution < 1.29 is 9.90 Å². The zero-order chi connectivity index (χ0) is 14.1. The molecule has 2 unspecified atom stereocenters. The van der Waals surface area contributed by atoms with Crippen LogP contribution in [0.25, 0.3) is 0 Å². The van der Waals surface area contributed by atoms with Crippen LogP contribution < -0.4 is 10.6 Å². The monoisotopic (exact) mass is 274 g/mol. The van der Waals surface area contributed by atoms with Gasteiger partial charge in [-0.1, -0.05) is 12.8 Å². The number of hydrogen-bond donors (Lipinski definition) is 2. The van der Waals surface area contributed by atoms with Crippen molar-refractivity contribution in [2.24, 2.45) is 5.92 Å². The van der Waals surface area contributed by atoms with Gasteiger partial charge >= 0.3 is 5.97 Å². The van der Waals surface area contributed by atoms with Crippen LogP contribution in [0, 0.1) is 5.92 Å². The van der Waals surface area contributed by atoms with Crippen LogP contribution in [0.1, 0.15) is 48.9 Å². The van der Waals surface area contributed by atoms with Crippen LogP contribution >= 0.6 is 0 Å². The van der Waals surface area contributed by atoms with E-state index in [0.717, 1.165) is 18.2 Å². The number of carbonyl (C=O) groups is 1. The molecule has 2 atom stereocenters. The summed E-state index contributed by atoms with van der Waals surface area (Å²) < 4.78 is 0. The number of carboxylic acids is 1. The second-order valence-electron chi connectivity index (χ2n) is 6.02. The van der Waals surface area contributed by atoms with E-state index in [2.05, 4.69) is 4.90 Å². The number of fused-ring (bicyclic) bond motifs is 1. The van der Waals surface area contributed by atoms with E-state index in [9.17, 15) is 9.90 Å². The van der Waals surface area contributed by atoms with Crippen LogP contribution in [-0.4, -0.2) is 23.7 Å². The summed E-state index contributed by atoms with van der Waals surface area (Å²) in [6.07, 6.45) is 7.71. The van der Waals surface area contributed by atoms with Crippen LogP contribution in [0.15, 0.2) is 18.2 Å². The standard InChI is InChI=1S/C16H22N2O2/c17-14-8-7-12(10-13(14)16(19)20)18-9-3-5-11-4-1-2-6-15(11)18/h7-8,10-11,15H,1-6,9,17H2,(H,19,20). The Morgan fingerprint density at radius 1 is 1.20 bits per heavy atom. The molecule has 4 nitrogen and oxygen atoms in total. The fourth-order valence-corrected chi connectivity index (χ4v) is 3.85. The van der Waals surface area contributed by atoms with E-state index < -0.39 is 5.97 Å². The maximum absolute atomic E-state index is 11.2. The van der Waals surface area contributed by atoms with E-state index in [0.29, 0.717) is 11.7 Å². The maximum Gasteiger partial charge on any atom is 0.337 e. The third kappa shape index (κ3) is 2.35. The first-order valence-electron chi connectivity index (χ1n) is 7.56. The molecule has 108 valence electrons. The summed E-state index contributed by atoms with van der Waals surface area (Å²) in [7, 11) is 0. The minimum absolute atomic E-state index is 0.223. The Balaban J connectivity index is 1.91. The number of aromatic carboxylic acids is 1. The van der Waals surface area contributed by atoms with Gasteiger partial charge in [0.05, 0.1) is 5.56 Å². The zero-order valence-corrected chi connectivity index (χ0v) is 11.7. The summed E-state index contributed by atoms with van der Waals surface area (Å²) >= 11 is 0. The van der Waals surface area contributed by atoms with E-state index >= 15 is 0 Å². The van der Waals surface area contributed by atoms with Crippen LogP contribution in [0.3, 0.4) is 0 Å². The first kappa shape index (κ1) is 13.3. The highest BCUT2D eigenvalue weighted by Crippen LogP contribution is 2.38. The molecule has 20 heavy (non-hydrogen) atoms. The normalized spacial score (nSPS) is 26.1. The summed E-state index contributed by atoms with van der Waals surface area (Å²) in [4.78, 5) is 13.7. The highest BCUT2D eigenvalue weighted by atomic mass is 16.4. The molecule has 2 fully saturated rings. The summed E-state index contributed by atoms with van der Waals surface area (Å²) in [5, 5.41) is 9.22. The molecule has 1 aromatic rings. The smallest absolute Gasteiger partial charge is 0.337 e. The number of nitrogens with two attached hydrogens (primary N) is 1. The molecule has 4 heteroatoms. The largest absolute Gasteiger partial charge is 0.478 e. The molecule has 1 saturated carbocycles. The summed E-state index contributed by atoms with van der Waals surface area (Å²) in [5.74, 6) is -0.162. The Bertz CT molecular complexity index is 513. The van der Waals surface area contributed by atoms with Crippen molar-refractivity contribution >= 4 is 17.3 Å². The average molecular weight is 274 g/mol. The number of piperidine rings is 1. The minimum Gasteiger partial charge on any atom is -0.478 e. The SMILES string of the molecule is Nc1ccc(N2CCCC3CCCCC32)cc1C(=O)O. The Hall–Kier alpha value is -1.71. The first-order chi connectivity index (χ1) is 9.66. The summed E-state index contributed by atoms with van der Waals surface area (Å²) in [6, 6.07) is 6.03. The third-order valence-electron chi connectivity index (χ3n) is 4.84. The highest BCUT2D eigenvalue weighted by molar-refractivity contribution is 5.94. The van der Waals surface area contributed by atoms with Gasteiger partial charge in [-0.2, -0.15) is 0 Å². The van der Waals surface area contributed by atoms with Gasteiger partial charge in [0, 0.05) is 24.0 Å². The molecule has 0 bridgehead atoms. The molecule has 2 aliphatic rings. The van der Waals surface area contributed by atoms with Gasteiger partial charge in [0.25, 0.3) is 0 Å². The van der Waals surface area contributed by atoms with Crippen molar-refractivity contribution in [2.75, 3.05) is 17.2 Å². The Morgan fingerprint density at radius 3 is 2.75 bits per heavy atom. The molecular formula is C16H22N2O2. The molecule has 3 rings (SSSR count). The molecule has 0 amide bonds. The first-order valence-corrected chi connectivity index (χ1v) is 7.56. The Kier molecular flexibility index (Phi) is 3.55. The van der Waals surface area contributed by atoms with Crippen LogP contribution in [0.5, 0.6) is 0 Å². The number of rotatable bonds is 2. The van der Waals surface area contributed by atoms with Gasteiger partial charge in [0.15, 0.2) is 0 Å². The van der Waals surface area contributed by atoms with Gasteiger partial charge in [0.2, 0.25) is 0 Å². The van der Waals surface area contributed by atoms with Gasteiger partial charge in [-0.15, -0.1) is 0 Å². The Morgan fingerprint density at radius 2 is 1.95 bits per heavy atom. The van der Waals surface area contributed by atoms with Crippen molar-refractivity contribution in [3.05, 3.63) is 23.8 Å². The van der Waals surface area contributed by atoms with E-state index in [4.69, 9.17) is 5.73 Å². The number of nitrogens with zero attached hydrogens (tertiary/aromatic N) is 1. The van der Waals surface area contributed by atoms with E-state index in [1.54, 1.807) is 12.1 Å². The summed E-state index contributed by atoms with van der Waals surface area (Å²) in [5.41, 5.74) is 7.34. The molecule has 0 spiro atoms. The lowest BCUT2D eigenvalue weighted by Crippen LogP contribution is -2.47. The lowest BCUT2D eigenvalue weighted by Gasteiger charge is -2.45. The quantitative estimate of drug-likeness (QED) is 0.813. The second kappa shape index (κ2) is 5.35. The van der Waals surface area contributed by atoms with E-state index in [-0.39, 0.29) is 5.56 Å². The molecular weight excluding hydrogens is 252 g/mol. The summed E-state index contributed by atoms with van der Waals surface area (Å²) in [6.45, 7) is 1.03. The topological polar surface area (TPSA) is 66.6 Å². The lowest BCUT2D eigenvalue weighted by molar-refractivity contribution is 0.0698. The maximum atomic E-state index is 11.2. The van der Waals surface area contributed by atoms with Gasteiger partial charge in [0.1, 0.15) is 0 Å². The highest BCUT2D eigenvalue weighted by Gasteiger charge is 2.33. The molecule has 1 saturated heterocycles. The predicted molar refractivity (Wildman–Crippen MR) is 80.1 cm³/mol. The van der Waals surface area contributed by atoms with Crippen molar-refractivity contribution in [3.8, 4) is 0 Å². The number of hydrogen-bond acceptors (Lipinski definition) is 3. The molecule has 3 N–H and O–H groups in total. The van der Waals surface area contributed by atoms with Crippen molar-refractivity contribution in [1.82, 2.24) is 0 Å². The number of anilines is 2. The van der Waals surface area contributed by atoms with E-state index in [1.807, 2.05) is 6.07 Å². The number of benzene rings is 1. The van der Waals surface area contributed by atoms with Gasteiger partial charge in [-0.25, -0.2) is 4.79 Å². The lowest BCUT2D eigenvalue weighted by atomic mass is 9.78. The van der Waals surface area contributed by atoms with Crippen LogP contribution in [0.4, 0.5) is 11.4 Å². The fourth-order valence-electron chi connectivity index (χ4n) is 3.85. The molecule has 1 aliphatic heterocycles. The van der Waals surface area contributed by atoms with Crippen molar-refractivity contribution in [3.63, 3.8) is 0 Å². The number of nitrogen functional groups attached to an aromatic ring is 1. The predicted octanol–water partition coefficient (Wildman–Crippen LogP) is 3.13. The molecule has 1 aromatic carbocycles. The third-order valence-corrected chi connectivity index (χ3v) is 4.84. The zero-order valence-electron chi connectivity index (χ0n) is 11.7. The van der Waals surface area contributed by atoms with E-state index in [1.165, 1.54) is 38.5 Å². The van der Waals surface area contributed by atoms with Gasteiger partial charge < -0.3 is 15.7 Å². The van der Waals surface area contributed by atoms with Crippen LogP contribution in [0.2, 0.25) is 0 Å². The minimum atomic E-state index is -0.943. The molecule has 1 heterocycles.